The van der Waals surface area contributed by atoms with Crippen molar-refractivity contribution in [1.29, 1.82) is 0 Å². The minimum Gasteiger partial charge on any atom is -0.338 e. The van der Waals surface area contributed by atoms with Gasteiger partial charge in [-0.15, -0.1) is 0 Å². The van der Waals surface area contributed by atoms with Gasteiger partial charge in [0.15, 0.2) is 0 Å². The van der Waals surface area contributed by atoms with Crippen molar-refractivity contribution in [2.75, 3.05) is 32.7 Å². The highest BCUT2D eigenvalue weighted by molar-refractivity contribution is 5.98. The maximum absolute atomic E-state index is 13.2. The zero-order chi connectivity index (χ0) is 22.7. The van der Waals surface area contributed by atoms with Crippen LogP contribution in [0, 0.1) is 17.0 Å². The molecule has 1 aromatic heterocycles. The van der Waals surface area contributed by atoms with Gasteiger partial charge in [-0.2, -0.15) is 0 Å². The highest BCUT2D eigenvalue weighted by atomic mass is 16.6. The predicted molar refractivity (Wildman–Crippen MR) is 118 cm³/mol. The van der Waals surface area contributed by atoms with Gasteiger partial charge < -0.3 is 9.80 Å². The van der Waals surface area contributed by atoms with E-state index in [0.29, 0.717) is 37.2 Å². The molecule has 0 saturated carbocycles. The van der Waals surface area contributed by atoms with Crippen LogP contribution in [-0.2, 0) is 11.3 Å². The molecule has 9 heteroatoms. The zero-order valence-electron chi connectivity index (χ0n) is 18.1. The van der Waals surface area contributed by atoms with E-state index >= 15 is 0 Å². The minimum absolute atomic E-state index is 0.00181. The van der Waals surface area contributed by atoms with Gasteiger partial charge in [0.05, 0.1) is 4.92 Å². The van der Waals surface area contributed by atoms with E-state index in [-0.39, 0.29) is 17.5 Å². The lowest BCUT2D eigenvalue weighted by atomic mass is 10.1. The van der Waals surface area contributed by atoms with Crippen molar-refractivity contribution < 1.29 is 14.5 Å². The Morgan fingerprint density at radius 3 is 2.47 bits per heavy atom. The number of hydrogen-bond donors (Lipinski definition) is 0. The molecule has 0 aliphatic carbocycles. The smallest absolute Gasteiger partial charge is 0.272 e. The Hall–Kier alpha value is -3.33. The van der Waals surface area contributed by atoms with Crippen LogP contribution in [-0.4, -0.2) is 75.2 Å². The maximum atomic E-state index is 13.2. The zero-order valence-corrected chi connectivity index (χ0v) is 18.1. The predicted octanol–water partition coefficient (Wildman–Crippen LogP) is 2.25. The molecule has 1 aromatic carbocycles. The fourth-order valence-corrected chi connectivity index (χ4v) is 4.51. The van der Waals surface area contributed by atoms with Crippen molar-refractivity contribution >= 4 is 17.5 Å². The van der Waals surface area contributed by atoms with Crippen LogP contribution in [0.5, 0.6) is 0 Å². The average molecular weight is 438 g/mol. The van der Waals surface area contributed by atoms with Crippen LogP contribution < -0.4 is 0 Å². The van der Waals surface area contributed by atoms with Crippen LogP contribution in [0.2, 0.25) is 0 Å². The number of carbonyl (C=O) groups is 2. The van der Waals surface area contributed by atoms with Gasteiger partial charge in [0.1, 0.15) is 6.04 Å². The Labute approximate surface area is 186 Å². The third kappa shape index (κ3) is 4.62. The molecule has 0 radical (unpaired) electrons. The van der Waals surface area contributed by atoms with E-state index in [1.165, 1.54) is 23.8 Å². The number of benzene rings is 1. The first-order valence-electron chi connectivity index (χ1n) is 10.9. The molecule has 2 aliphatic heterocycles. The number of nitro benzene ring substituents is 1. The van der Waals surface area contributed by atoms with Gasteiger partial charge in [-0.05, 0) is 49.6 Å². The first-order valence-corrected chi connectivity index (χ1v) is 10.9. The van der Waals surface area contributed by atoms with Crippen molar-refractivity contribution in [2.45, 2.75) is 32.4 Å². The number of aromatic nitrogens is 1. The molecule has 0 bridgehead atoms. The van der Waals surface area contributed by atoms with Gasteiger partial charge in [0, 0.05) is 68.9 Å². The average Bonchev–Trinajstić information content (AvgIpc) is 3.29. The molecule has 168 valence electrons. The van der Waals surface area contributed by atoms with E-state index in [1.807, 2.05) is 17.0 Å². The molecule has 0 N–H and O–H groups in total. The minimum atomic E-state index is -0.468. The standard InChI is InChI=1S/C23H27N5O4/c1-17-15-19(4-5-20(17)28(31)32)22(29)27-10-2-3-21(27)23(30)26-13-11-25(12-14-26)16-18-6-8-24-9-7-18/h4-9,15,21H,2-3,10-14,16H2,1H3. The van der Waals surface area contributed by atoms with Crippen molar-refractivity contribution in [3.8, 4) is 0 Å². The molecule has 32 heavy (non-hydrogen) atoms. The number of pyridine rings is 1. The Bertz CT molecular complexity index is 1000. The summed E-state index contributed by atoms with van der Waals surface area (Å²) in [6, 6.07) is 7.91. The summed E-state index contributed by atoms with van der Waals surface area (Å²) in [5.41, 5.74) is 2.01. The molecule has 2 aliphatic rings. The molecular formula is C23H27N5O4. The summed E-state index contributed by atoms with van der Waals surface area (Å²) in [6.45, 7) is 5.82. The number of nitro groups is 1. The van der Waals surface area contributed by atoms with Crippen molar-refractivity contribution in [3.63, 3.8) is 0 Å². The Balaban J connectivity index is 1.38. The monoisotopic (exact) mass is 437 g/mol. The summed E-state index contributed by atoms with van der Waals surface area (Å²) in [7, 11) is 0. The summed E-state index contributed by atoms with van der Waals surface area (Å²) in [6.07, 6.45) is 4.99. The Morgan fingerprint density at radius 2 is 1.81 bits per heavy atom. The molecule has 1 atom stereocenters. The number of amides is 2. The van der Waals surface area contributed by atoms with Gasteiger partial charge in [0.2, 0.25) is 5.91 Å². The first-order chi connectivity index (χ1) is 15.4. The number of rotatable bonds is 5. The third-order valence-corrected chi connectivity index (χ3v) is 6.28. The third-order valence-electron chi connectivity index (χ3n) is 6.28. The van der Waals surface area contributed by atoms with Crippen LogP contribution in [0.1, 0.15) is 34.3 Å². The molecule has 2 fully saturated rings. The second-order valence-electron chi connectivity index (χ2n) is 8.37. The lowest BCUT2D eigenvalue weighted by molar-refractivity contribution is -0.385. The normalized spacial score (nSPS) is 19.2. The highest BCUT2D eigenvalue weighted by Gasteiger charge is 2.37. The van der Waals surface area contributed by atoms with Crippen LogP contribution in [0.15, 0.2) is 42.7 Å². The second kappa shape index (κ2) is 9.44. The van der Waals surface area contributed by atoms with Crippen molar-refractivity contribution in [1.82, 2.24) is 19.7 Å². The summed E-state index contributed by atoms with van der Waals surface area (Å²) in [4.78, 5) is 46.8. The van der Waals surface area contributed by atoms with Crippen LogP contribution in [0.25, 0.3) is 0 Å². The highest BCUT2D eigenvalue weighted by Crippen LogP contribution is 2.25. The summed E-state index contributed by atoms with van der Waals surface area (Å²) < 4.78 is 0. The van der Waals surface area contributed by atoms with E-state index < -0.39 is 11.0 Å². The van der Waals surface area contributed by atoms with Gasteiger partial charge in [-0.3, -0.25) is 29.6 Å². The number of likely N-dealkylation sites (tertiary alicyclic amines) is 1. The molecule has 1 unspecified atom stereocenters. The fourth-order valence-electron chi connectivity index (χ4n) is 4.51. The second-order valence-corrected chi connectivity index (χ2v) is 8.37. The molecule has 2 aromatic rings. The molecule has 4 rings (SSSR count). The number of hydrogen-bond acceptors (Lipinski definition) is 6. The van der Waals surface area contributed by atoms with Gasteiger partial charge >= 0.3 is 0 Å². The van der Waals surface area contributed by atoms with Crippen LogP contribution >= 0.6 is 0 Å². The van der Waals surface area contributed by atoms with Crippen LogP contribution in [0.4, 0.5) is 5.69 Å². The molecule has 3 heterocycles. The molecule has 2 saturated heterocycles. The number of aryl methyl sites for hydroxylation is 1. The molecule has 2 amide bonds. The maximum Gasteiger partial charge on any atom is 0.272 e. The number of piperazine rings is 1. The first kappa shape index (κ1) is 21.9. The summed E-state index contributed by atoms with van der Waals surface area (Å²) >= 11 is 0. The van der Waals surface area contributed by atoms with Crippen molar-refractivity contribution in [3.05, 3.63) is 69.5 Å². The van der Waals surface area contributed by atoms with Crippen molar-refractivity contribution in [2.24, 2.45) is 0 Å². The molecule has 0 spiro atoms. The SMILES string of the molecule is Cc1cc(C(=O)N2CCCC2C(=O)N2CCN(Cc3ccncc3)CC2)ccc1[N+](=O)[O-]. The van der Waals surface area contributed by atoms with Gasteiger partial charge in [-0.1, -0.05) is 0 Å². The van der Waals surface area contributed by atoms with E-state index in [1.54, 1.807) is 24.2 Å². The van der Waals surface area contributed by atoms with E-state index in [4.69, 9.17) is 0 Å². The summed E-state index contributed by atoms with van der Waals surface area (Å²) in [5, 5.41) is 11.1. The quantitative estimate of drug-likeness (QED) is 0.525. The van der Waals surface area contributed by atoms with Gasteiger partial charge in [-0.25, -0.2) is 0 Å². The lowest BCUT2D eigenvalue weighted by Crippen LogP contribution is -2.54. The van der Waals surface area contributed by atoms with Gasteiger partial charge in [0.25, 0.3) is 11.6 Å². The largest absolute Gasteiger partial charge is 0.338 e. The Morgan fingerprint density at radius 1 is 1.09 bits per heavy atom. The Kier molecular flexibility index (Phi) is 6.45. The van der Waals surface area contributed by atoms with Crippen LogP contribution in [0.3, 0.4) is 0 Å². The van der Waals surface area contributed by atoms with E-state index in [0.717, 1.165) is 26.1 Å². The molecular weight excluding hydrogens is 410 g/mol. The lowest BCUT2D eigenvalue weighted by Gasteiger charge is -2.37. The summed E-state index contributed by atoms with van der Waals surface area (Å²) in [5.74, 6) is -0.242. The topological polar surface area (TPSA) is 99.9 Å². The van der Waals surface area contributed by atoms with E-state index in [9.17, 15) is 19.7 Å². The number of nitrogens with zero attached hydrogens (tertiary/aromatic N) is 5. The number of carbonyl (C=O) groups excluding carboxylic acids is 2. The fraction of sp³-hybridized carbons (Fsp3) is 0.435. The molecule has 9 nitrogen and oxygen atoms in total. The van der Waals surface area contributed by atoms with E-state index in [2.05, 4.69) is 9.88 Å².